The molecule has 0 aromatic carbocycles. The number of pyridine rings is 1. The smallest absolute Gasteiger partial charge is 0.258 e. The van der Waals surface area contributed by atoms with E-state index in [0.717, 1.165) is 5.56 Å². The van der Waals surface area contributed by atoms with Crippen molar-refractivity contribution in [3.63, 3.8) is 0 Å². The summed E-state index contributed by atoms with van der Waals surface area (Å²) in [6, 6.07) is 1.34. The molecular formula is C10H10N4O2. The fourth-order valence-electron chi connectivity index (χ4n) is 1.21. The Morgan fingerprint density at radius 1 is 1.44 bits per heavy atom. The lowest BCUT2D eigenvalue weighted by Crippen LogP contribution is -2.13. The van der Waals surface area contributed by atoms with Gasteiger partial charge in [-0.25, -0.2) is 0 Å². The van der Waals surface area contributed by atoms with Crippen LogP contribution in [0.15, 0.2) is 24.7 Å². The van der Waals surface area contributed by atoms with Crippen molar-refractivity contribution >= 4 is 11.7 Å². The standard InChI is InChI=1S/C10H10N4O2/c1-6-3-12-14-9(6)13-10(16)7-2-8(15)5-11-4-7/h2-5,15H,1H3,(H2,12,13,14,16). The Bertz CT molecular complexity index is 521. The highest BCUT2D eigenvalue weighted by molar-refractivity contribution is 6.04. The summed E-state index contributed by atoms with van der Waals surface area (Å²) in [5.41, 5.74) is 1.12. The van der Waals surface area contributed by atoms with E-state index in [4.69, 9.17) is 0 Å². The maximum absolute atomic E-state index is 11.7. The Morgan fingerprint density at radius 3 is 2.88 bits per heavy atom. The second kappa shape index (κ2) is 4.01. The Labute approximate surface area is 91.3 Å². The second-order valence-corrected chi connectivity index (χ2v) is 3.31. The third-order valence-electron chi connectivity index (χ3n) is 2.05. The van der Waals surface area contributed by atoms with Gasteiger partial charge < -0.3 is 10.4 Å². The number of amides is 1. The first-order chi connectivity index (χ1) is 7.66. The van der Waals surface area contributed by atoms with Gasteiger partial charge in [0.15, 0.2) is 0 Å². The van der Waals surface area contributed by atoms with E-state index in [1.165, 1.54) is 18.5 Å². The topological polar surface area (TPSA) is 90.9 Å². The van der Waals surface area contributed by atoms with E-state index in [2.05, 4.69) is 20.5 Å². The summed E-state index contributed by atoms with van der Waals surface area (Å²) in [5, 5.41) is 18.2. The summed E-state index contributed by atoms with van der Waals surface area (Å²) < 4.78 is 0. The highest BCUT2D eigenvalue weighted by Gasteiger charge is 2.09. The molecule has 1 amide bonds. The zero-order chi connectivity index (χ0) is 11.5. The van der Waals surface area contributed by atoms with Crippen molar-refractivity contribution in [2.24, 2.45) is 0 Å². The molecule has 0 saturated heterocycles. The molecule has 0 aliphatic carbocycles. The maximum Gasteiger partial charge on any atom is 0.258 e. The Kier molecular flexibility index (Phi) is 2.55. The number of carbonyl (C=O) groups is 1. The molecule has 16 heavy (non-hydrogen) atoms. The fraction of sp³-hybridized carbons (Fsp3) is 0.100. The largest absolute Gasteiger partial charge is 0.506 e. The first kappa shape index (κ1) is 10.2. The molecule has 0 saturated carbocycles. The normalized spacial score (nSPS) is 10.1. The fourth-order valence-corrected chi connectivity index (χ4v) is 1.21. The molecule has 0 fully saturated rings. The lowest BCUT2D eigenvalue weighted by Gasteiger charge is -2.03. The number of carbonyl (C=O) groups excluding carboxylic acids is 1. The molecule has 0 unspecified atom stereocenters. The molecule has 0 bridgehead atoms. The number of aryl methyl sites for hydroxylation is 1. The summed E-state index contributed by atoms with van der Waals surface area (Å²) >= 11 is 0. The number of rotatable bonds is 2. The molecule has 6 heteroatoms. The molecule has 82 valence electrons. The van der Waals surface area contributed by atoms with Crippen LogP contribution in [0.4, 0.5) is 5.82 Å². The number of hydrogen-bond acceptors (Lipinski definition) is 4. The summed E-state index contributed by atoms with van der Waals surface area (Å²) in [6.07, 6.45) is 4.25. The van der Waals surface area contributed by atoms with E-state index in [-0.39, 0.29) is 17.2 Å². The van der Waals surface area contributed by atoms with Gasteiger partial charge in [-0.2, -0.15) is 5.10 Å². The number of hydrogen-bond donors (Lipinski definition) is 3. The van der Waals surface area contributed by atoms with Gasteiger partial charge in [0.25, 0.3) is 5.91 Å². The van der Waals surface area contributed by atoms with E-state index in [0.29, 0.717) is 5.82 Å². The quantitative estimate of drug-likeness (QED) is 0.703. The monoisotopic (exact) mass is 218 g/mol. The van der Waals surface area contributed by atoms with Crippen LogP contribution in [0.2, 0.25) is 0 Å². The molecular weight excluding hydrogens is 208 g/mol. The predicted molar refractivity (Wildman–Crippen MR) is 57.2 cm³/mol. The molecule has 0 radical (unpaired) electrons. The predicted octanol–water partition coefficient (Wildman–Crippen LogP) is 1.07. The minimum absolute atomic E-state index is 0.0472. The number of anilines is 1. The molecule has 0 aliphatic rings. The molecule has 2 aromatic rings. The first-order valence-electron chi connectivity index (χ1n) is 4.62. The van der Waals surface area contributed by atoms with E-state index < -0.39 is 0 Å². The van der Waals surface area contributed by atoms with Gasteiger partial charge in [-0.1, -0.05) is 0 Å². The first-order valence-corrected chi connectivity index (χ1v) is 4.62. The van der Waals surface area contributed by atoms with Crippen LogP contribution in [0.1, 0.15) is 15.9 Å². The zero-order valence-corrected chi connectivity index (χ0v) is 8.56. The van der Waals surface area contributed by atoms with Crippen LogP contribution in [0.25, 0.3) is 0 Å². The molecule has 6 nitrogen and oxygen atoms in total. The van der Waals surface area contributed by atoms with Crippen molar-refractivity contribution in [2.75, 3.05) is 5.32 Å². The number of nitrogens with zero attached hydrogens (tertiary/aromatic N) is 2. The van der Waals surface area contributed by atoms with E-state index in [9.17, 15) is 9.90 Å². The van der Waals surface area contributed by atoms with Gasteiger partial charge in [-0.15, -0.1) is 0 Å². The summed E-state index contributed by atoms with van der Waals surface area (Å²) in [7, 11) is 0. The highest BCUT2D eigenvalue weighted by Crippen LogP contribution is 2.13. The van der Waals surface area contributed by atoms with Crippen molar-refractivity contribution in [1.82, 2.24) is 15.2 Å². The summed E-state index contributed by atoms with van der Waals surface area (Å²) in [6.45, 7) is 1.82. The average molecular weight is 218 g/mol. The highest BCUT2D eigenvalue weighted by atomic mass is 16.3. The lowest BCUT2D eigenvalue weighted by atomic mass is 10.2. The van der Waals surface area contributed by atoms with Crippen molar-refractivity contribution < 1.29 is 9.90 Å². The van der Waals surface area contributed by atoms with Crippen LogP contribution in [-0.2, 0) is 0 Å². The SMILES string of the molecule is Cc1cn[nH]c1NC(=O)c1cncc(O)c1. The Morgan fingerprint density at radius 2 is 2.25 bits per heavy atom. The molecule has 2 rings (SSSR count). The summed E-state index contributed by atoms with van der Waals surface area (Å²) in [4.78, 5) is 15.4. The maximum atomic E-state index is 11.7. The van der Waals surface area contributed by atoms with Crippen LogP contribution in [-0.4, -0.2) is 26.2 Å². The average Bonchev–Trinajstić information content (AvgIpc) is 2.64. The van der Waals surface area contributed by atoms with Gasteiger partial charge in [0.2, 0.25) is 0 Å². The van der Waals surface area contributed by atoms with Gasteiger partial charge in [0, 0.05) is 11.8 Å². The summed E-state index contributed by atoms with van der Waals surface area (Å²) in [5.74, 6) is 0.137. The van der Waals surface area contributed by atoms with Gasteiger partial charge in [-0.05, 0) is 13.0 Å². The van der Waals surface area contributed by atoms with E-state index in [1.54, 1.807) is 6.20 Å². The van der Waals surface area contributed by atoms with E-state index >= 15 is 0 Å². The zero-order valence-electron chi connectivity index (χ0n) is 8.56. The molecule has 2 aromatic heterocycles. The molecule has 0 aliphatic heterocycles. The van der Waals surface area contributed by atoms with Crippen molar-refractivity contribution in [3.8, 4) is 5.75 Å². The minimum Gasteiger partial charge on any atom is -0.506 e. The minimum atomic E-state index is -0.351. The van der Waals surface area contributed by atoms with Gasteiger partial charge >= 0.3 is 0 Å². The molecule has 0 atom stereocenters. The molecule has 0 spiro atoms. The Hall–Kier alpha value is -2.37. The van der Waals surface area contributed by atoms with Crippen LogP contribution >= 0.6 is 0 Å². The molecule has 2 heterocycles. The number of aromatic hydroxyl groups is 1. The van der Waals surface area contributed by atoms with Crippen molar-refractivity contribution in [2.45, 2.75) is 6.92 Å². The second-order valence-electron chi connectivity index (χ2n) is 3.31. The Balaban J connectivity index is 2.18. The lowest BCUT2D eigenvalue weighted by molar-refractivity contribution is 0.102. The van der Waals surface area contributed by atoms with Gasteiger partial charge in [0.05, 0.1) is 18.0 Å². The van der Waals surface area contributed by atoms with Crippen LogP contribution in [0.3, 0.4) is 0 Å². The van der Waals surface area contributed by atoms with Crippen molar-refractivity contribution in [3.05, 3.63) is 35.8 Å². The van der Waals surface area contributed by atoms with Gasteiger partial charge in [0.1, 0.15) is 11.6 Å². The number of nitrogens with one attached hydrogen (secondary N) is 2. The van der Waals surface area contributed by atoms with Crippen LogP contribution in [0.5, 0.6) is 5.75 Å². The number of aromatic nitrogens is 3. The third kappa shape index (κ3) is 2.00. The van der Waals surface area contributed by atoms with Crippen LogP contribution < -0.4 is 5.32 Å². The van der Waals surface area contributed by atoms with Crippen LogP contribution in [0, 0.1) is 6.92 Å². The van der Waals surface area contributed by atoms with Crippen molar-refractivity contribution in [1.29, 1.82) is 0 Å². The number of H-pyrrole nitrogens is 1. The van der Waals surface area contributed by atoms with E-state index in [1.807, 2.05) is 6.92 Å². The number of aromatic amines is 1. The van der Waals surface area contributed by atoms with Gasteiger partial charge in [-0.3, -0.25) is 14.9 Å². The molecule has 3 N–H and O–H groups in total. The third-order valence-corrected chi connectivity index (χ3v) is 2.05.